The molecule has 2 heterocycles. The van der Waals surface area contributed by atoms with Gasteiger partial charge in [-0.25, -0.2) is 0 Å². The highest BCUT2D eigenvalue weighted by atomic mass is 79.9. The Morgan fingerprint density at radius 1 is 1.38 bits per heavy atom. The first-order valence-corrected chi connectivity index (χ1v) is 6.86. The van der Waals surface area contributed by atoms with Crippen LogP contribution in [0.5, 0.6) is 0 Å². The highest BCUT2D eigenvalue weighted by molar-refractivity contribution is 9.10. The van der Waals surface area contributed by atoms with Gasteiger partial charge in [-0.15, -0.1) is 0 Å². The van der Waals surface area contributed by atoms with Crippen LogP contribution in [0.4, 0.5) is 5.69 Å². The Kier molecular flexibility index (Phi) is 2.90. The summed E-state index contributed by atoms with van der Waals surface area (Å²) in [5.41, 5.74) is 2.77. The van der Waals surface area contributed by atoms with Gasteiger partial charge in [-0.05, 0) is 59.4 Å². The summed E-state index contributed by atoms with van der Waals surface area (Å²) in [5.74, 6) is 0.780. The molecule has 1 fully saturated rings. The monoisotopic (exact) mass is 280 g/mol. The lowest BCUT2D eigenvalue weighted by molar-refractivity contribution is 0.153. The van der Waals surface area contributed by atoms with Gasteiger partial charge in [0.15, 0.2) is 0 Å². The first kappa shape index (κ1) is 10.6. The van der Waals surface area contributed by atoms with Gasteiger partial charge in [0.2, 0.25) is 0 Å². The summed E-state index contributed by atoms with van der Waals surface area (Å²) in [6.45, 7) is 4.99. The van der Waals surface area contributed by atoms with E-state index in [1.165, 1.54) is 48.2 Å². The molecule has 0 spiro atoms. The van der Waals surface area contributed by atoms with Crippen LogP contribution in [0.1, 0.15) is 12.0 Å². The normalized spacial score (nSPS) is 24.4. The van der Waals surface area contributed by atoms with Gasteiger partial charge in [-0.3, -0.25) is 0 Å². The van der Waals surface area contributed by atoms with Crippen LogP contribution >= 0.6 is 15.9 Å². The number of halogens is 1. The van der Waals surface area contributed by atoms with E-state index in [9.17, 15) is 0 Å². The molecule has 1 N–H and O–H groups in total. The summed E-state index contributed by atoms with van der Waals surface area (Å²) < 4.78 is 1.20. The first-order chi connectivity index (χ1) is 7.83. The van der Waals surface area contributed by atoms with Crippen LogP contribution in [-0.2, 0) is 6.42 Å². The predicted molar refractivity (Wildman–Crippen MR) is 70.9 cm³/mol. The fourth-order valence-electron chi connectivity index (χ4n) is 2.62. The van der Waals surface area contributed by atoms with Crippen molar-refractivity contribution in [2.24, 2.45) is 5.92 Å². The zero-order valence-corrected chi connectivity index (χ0v) is 11.0. The summed E-state index contributed by atoms with van der Waals surface area (Å²) in [6.07, 6.45) is 2.61. The van der Waals surface area contributed by atoms with Gasteiger partial charge < -0.3 is 10.2 Å². The second-order valence-corrected chi connectivity index (χ2v) is 5.73. The fourth-order valence-corrected chi connectivity index (χ4v) is 3.17. The number of benzene rings is 1. The van der Waals surface area contributed by atoms with Gasteiger partial charge in [0.05, 0.1) is 5.69 Å². The second-order valence-electron chi connectivity index (χ2n) is 4.88. The largest absolute Gasteiger partial charge is 0.384 e. The number of fused-ring (bicyclic) bond motifs is 1. The predicted octanol–water partition coefficient (Wildman–Crippen LogP) is 2.74. The molecule has 0 aromatic heterocycles. The molecule has 1 aromatic rings. The molecule has 2 aliphatic rings. The number of anilines is 1. The van der Waals surface area contributed by atoms with Crippen LogP contribution in [0.2, 0.25) is 0 Å². The molecule has 2 nitrogen and oxygen atoms in total. The number of likely N-dealkylation sites (tertiary alicyclic amines) is 1. The Labute approximate surface area is 105 Å². The number of rotatable bonds is 2. The summed E-state index contributed by atoms with van der Waals surface area (Å²) >= 11 is 3.60. The quantitative estimate of drug-likeness (QED) is 0.896. The topological polar surface area (TPSA) is 15.3 Å². The Morgan fingerprint density at radius 2 is 2.25 bits per heavy atom. The fraction of sp³-hybridized carbons (Fsp3) is 0.538. The van der Waals surface area contributed by atoms with E-state index in [2.05, 4.69) is 44.3 Å². The van der Waals surface area contributed by atoms with E-state index in [-0.39, 0.29) is 0 Å². The molecule has 2 aliphatic heterocycles. The van der Waals surface area contributed by atoms with Crippen molar-refractivity contribution in [2.45, 2.75) is 12.8 Å². The van der Waals surface area contributed by atoms with E-state index in [0.717, 1.165) is 12.5 Å². The number of hydrogen-bond acceptors (Lipinski definition) is 2. The zero-order chi connectivity index (χ0) is 11.0. The Morgan fingerprint density at radius 3 is 3.00 bits per heavy atom. The van der Waals surface area contributed by atoms with E-state index < -0.39 is 0 Å². The molecule has 1 unspecified atom stereocenters. The summed E-state index contributed by atoms with van der Waals surface area (Å²) in [5, 5.41) is 3.56. The molecular weight excluding hydrogens is 264 g/mol. The minimum absolute atomic E-state index is 0.780. The third kappa shape index (κ3) is 1.98. The standard InChI is InChI=1S/C13H17BrN2/c14-12-4-1-3-11-7-10(8-15-13(11)12)9-16-5-2-6-16/h1,3-4,10,15H,2,5-9H2. The number of hydrogen-bond donors (Lipinski definition) is 1. The Hall–Kier alpha value is -0.540. The van der Waals surface area contributed by atoms with Gasteiger partial charge in [0.1, 0.15) is 0 Å². The maximum Gasteiger partial charge on any atom is 0.0517 e. The Balaban J connectivity index is 1.70. The van der Waals surface area contributed by atoms with Crippen molar-refractivity contribution >= 4 is 21.6 Å². The van der Waals surface area contributed by atoms with Gasteiger partial charge >= 0.3 is 0 Å². The smallest absolute Gasteiger partial charge is 0.0517 e. The number of nitrogens with zero attached hydrogens (tertiary/aromatic N) is 1. The van der Waals surface area contributed by atoms with Crippen LogP contribution < -0.4 is 5.32 Å². The average Bonchev–Trinajstić information content (AvgIpc) is 2.24. The van der Waals surface area contributed by atoms with Crippen LogP contribution in [-0.4, -0.2) is 31.1 Å². The third-order valence-corrected chi connectivity index (χ3v) is 4.30. The molecule has 1 saturated heterocycles. The molecule has 86 valence electrons. The maximum absolute atomic E-state index is 3.60. The minimum atomic E-state index is 0.780. The van der Waals surface area contributed by atoms with Gasteiger partial charge in [-0.2, -0.15) is 0 Å². The van der Waals surface area contributed by atoms with Crippen molar-refractivity contribution in [1.82, 2.24) is 4.90 Å². The van der Waals surface area contributed by atoms with Crippen molar-refractivity contribution in [3.63, 3.8) is 0 Å². The molecule has 0 saturated carbocycles. The SMILES string of the molecule is Brc1cccc2c1NCC(CN1CCC1)C2. The summed E-state index contributed by atoms with van der Waals surface area (Å²) in [6, 6.07) is 6.49. The van der Waals surface area contributed by atoms with Crippen molar-refractivity contribution in [1.29, 1.82) is 0 Å². The lowest BCUT2D eigenvalue weighted by Crippen LogP contribution is -2.43. The molecule has 1 atom stereocenters. The Bertz CT molecular complexity index is 388. The molecule has 0 radical (unpaired) electrons. The number of nitrogens with one attached hydrogen (secondary N) is 1. The number of para-hydroxylation sites is 1. The van der Waals surface area contributed by atoms with Crippen LogP contribution in [0.3, 0.4) is 0 Å². The van der Waals surface area contributed by atoms with E-state index in [0.29, 0.717) is 0 Å². The molecule has 0 amide bonds. The van der Waals surface area contributed by atoms with Gasteiger partial charge in [0, 0.05) is 17.6 Å². The second kappa shape index (κ2) is 4.38. The van der Waals surface area contributed by atoms with Crippen molar-refractivity contribution in [3.8, 4) is 0 Å². The van der Waals surface area contributed by atoms with E-state index in [1.54, 1.807) is 0 Å². The molecule has 0 bridgehead atoms. The van der Waals surface area contributed by atoms with Crippen LogP contribution in [0.15, 0.2) is 22.7 Å². The third-order valence-electron chi connectivity index (χ3n) is 3.64. The van der Waals surface area contributed by atoms with E-state index >= 15 is 0 Å². The average molecular weight is 281 g/mol. The lowest BCUT2D eigenvalue weighted by Gasteiger charge is -2.36. The van der Waals surface area contributed by atoms with Gasteiger partial charge in [0.25, 0.3) is 0 Å². The van der Waals surface area contributed by atoms with Gasteiger partial charge in [-0.1, -0.05) is 12.1 Å². The molecule has 3 rings (SSSR count). The maximum atomic E-state index is 3.60. The van der Waals surface area contributed by atoms with Crippen molar-refractivity contribution in [2.75, 3.05) is 31.5 Å². The zero-order valence-electron chi connectivity index (χ0n) is 9.38. The minimum Gasteiger partial charge on any atom is -0.384 e. The molecule has 16 heavy (non-hydrogen) atoms. The van der Waals surface area contributed by atoms with E-state index in [4.69, 9.17) is 0 Å². The van der Waals surface area contributed by atoms with E-state index in [1.807, 2.05) is 0 Å². The van der Waals surface area contributed by atoms with Crippen LogP contribution in [0.25, 0.3) is 0 Å². The molecule has 1 aromatic carbocycles. The van der Waals surface area contributed by atoms with Crippen molar-refractivity contribution < 1.29 is 0 Å². The summed E-state index contributed by atoms with van der Waals surface area (Å²) in [4.78, 5) is 2.56. The first-order valence-electron chi connectivity index (χ1n) is 6.06. The highest BCUT2D eigenvalue weighted by Gasteiger charge is 2.23. The molecule has 0 aliphatic carbocycles. The lowest BCUT2D eigenvalue weighted by atomic mass is 9.93. The molecule has 3 heteroatoms. The van der Waals surface area contributed by atoms with Crippen molar-refractivity contribution in [3.05, 3.63) is 28.2 Å². The summed E-state index contributed by atoms with van der Waals surface area (Å²) in [7, 11) is 0. The highest BCUT2D eigenvalue weighted by Crippen LogP contribution is 2.32. The molecular formula is C13H17BrN2. The van der Waals surface area contributed by atoms with Crippen LogP contribution in [0, 0.1) is 5.92 Å².